The van der Waals surface area contributed by atoms with Crippen LogP contribution in [0.4, 0.5) is 0 Å². The van der Waals surface area contributed by atoms with E-state index in [9.17, 15) is 5.11 Å². The lowest BCUT2D eigenvalue weighted by Gasteiger charge is -2.11. The van der Waals surface area contributed by atoms with Crippen molar-refractivity contribution in [2.45, 2.75) is 20.8 Å². The highest BCUT2D eigenvalue weighted by Gasteiger charge is 2.09. The highest BCUT2D eigenvalue weighted by Crippen LogP contribution is 2.34. The Bertz CT molecular complexity index is 303. The van der Waals surface area contributed by atoms with E-state index in [1.54, 1.807) is 7.11 Å². The summed E-state index contributed by atoms with van der Waals surface area (Å²) in [7, 11) is 1.57. The minimum Gasteiger partial charge on any atom is -0.504 e. The number of aromatic hydroxyl groups is 1. The van der Waals surface area contributed by atoms with E-state index in [4.69, 9.17) is 4.74 Å². The summed E-state index contributed by atoms with van der Waals surface area (Å²) < 4.78 is 5.06. The highest BCUT2D eigenvalue weighted by molar-refractivity contribution is 5.53. The van der Waals surface area contributed by atoms with Crippen LogP contribution in [0.2, 0.25) is 0 Å². The molecule has 0 radical (unpaired) electrons. The zero-order valence-corrected chi connectivity index (χ0v) is 7.93. The standard InChI is InChI=1S/C10H14O2/c1-6-5-7(2)10(12-4)9(11)8(6)3/h5,11H,1-4H3. The monoisotopic (exact) mass is 166 g/mol. The van der Waals surface area contributed by atoms with Crippen LogP contribution >= 0.6 is 0 Å². The van der Waals surface area contributed by atoms with Gasteiger partial charge in [-0.15, -0.1) is 0 Å². The SMILES string of the molecule is COc1c(C)cc(C)c(C)c1O. The second kappa shape index (κ2) is 3.05. The zero-order chi connectivity index (χ0) is 9.30. The smallest absolute Gasteiger partial charge is 0.163 e. The third-order valence-corrected chi connectivity index (χ3v) is 2.16. The maximum absolute atomic E-state index is 9.63. The summed E-state index contributed by atoms with van der Waals surface area (Å²) in [6.45, 7) is 5.78. The van der Waals surface area contributed by atoms with Crippen LogP contribution < -0.4 is 4.74 Å². The summed E-state index contributed by atoms with van der Waals surface area (Å²) in [4.78, 5) is 0. The summed E-state index contributed by atoms with van der Waals surface area (Å²) in [6, 6.07) is 2.01. The van der Waals surface area contributed by atoms with Crippen LogP contribution in [-0.4, -0.2) is 12.2 Å². The fourth-order valence-corrected chi connectivity index (χ4v) is 1.30. The van der Waals surface area contributed by atoms with Crippen molar-refractivity contribution in [1.82, 2.24) is 0 Å². The Labute approximate surface area is 72.8 Å². The first kappa shape index (κ1) is 8.91. The highest BCUT2D eigenvalue weighted by atomic mass is 16.5. The first-order valence-corrected chi connectivity index (χ1v) is 3.91. The molecule has 0 aliphatic heterocycles. The lowest BCUT2D eigenvalue weighted by molar-refractivity contribution is 0.369. The lowest BCUT2D eigenvalue weighted by Crippen LogP contribution is -1.92. The van der Waals surface area contributed by atoms with E-state index >= 15 is 0 Å². The Morgan fingerprint density at radius 2 is 1.75 bits per heavy atom. The molecule has 2 heteroatoms. The van der Waals surface area contributed by atoms with Gasteiger partial charge in [0.1, 0.15) is 0 Å². The van der Waals surface area contributed by atoms with E-state index < -0.39 is 0 Å². The van der Waals surface area contributed by atoms with Crippen molar-refractivity contribution in [1.29, 1.82) is 0 Å². The molecule has 0 atom stereocenters. The second-order valence-corrected chi connectivity index (χ2v) is 3.02. The Balaban J connectivity index is 3.40. The van der Waals surface area contributed by atoms with Gasteiger partial charge in [0.05, 0.1) is 7.11 Å². The van der Waals surface area contributed by atoms with Gasteiger partial charge in [0.15, 0.2) is 11.5 Å². The molecule has 0 aliphatic carbocycles. The molecule has 1 aromatic rings. The van der Waals surface area contributed by atoms with Gasteiger partial charge < -0.3 is 9.84 Å². The summed E-state index contributed by atoms with van der Waals surface area (Å²) in [5.74, 6) is 0.841. The number of methoxy groups -OCH3 is 1. The van der Waals surface area contributed by atoms with Crippen LogP contribution in [0.1, 0.15) is 16.7 Å². The molecule has 1 N–H and O–H groups in total. The molecule has 0 amide bonds. The lowest BCUT2D eigenvalue weighted by atomic mass is 10.0. The number of benzene rings is 1. The van der Waals surface area contributed by atoms with E-state index in [0.717, 1.165) is 16.7 Å². The summed E-state index contributed by atoms with van der Waals surface area (Å²) in [5.41, 5.74) is 2.95. The summed E-state index contributed by atoms with van der Waals surface area (Å²) >= 11 is 0. The molecular weight excluding hydrogens is 152 g/mol. The van der Waals surface area contributed by atoms with Crippen molar-refractivity contribution in [3.8, 4) is 11.5 Å². The normalized spacial score (nSPS) is 10.0. The largest absolute Gasteiger partial charge is 0.504 e. The number of aryl methyl sites for hydroxylation is 2. The summed E-state index contributed by atoms with van der Waals surface area (Å²) in [6.07, 6.45) is 0. The average Bonchev–Trinajstić information content (AvgIpc) is 2.01. The molecule has 0 unspecified atom stereocenters. The Morgan fingerprint density at radius 3 is 2.25 bits per heavy atom. The number of phenols is 1. The topological polar surface area (TPSA) is 29.5 Å². The molecule has 0 bridgehead atoms. The van der Waals surface area contributed by atoms with Crippen LogP contribution in [0.3, 0.4) is 0 Å². The van der Waals surface area contributed by atoms with Crippen molar-refractivity contribution < 1.29 is 9.84 Å². The number of hydrogen-bond acceptors (Lipinski definition) is 2. The number of rotatable bonds is 1. The van der Waals surface area contributed by atoms with Gasteiger partial charge >= 0.3 is 0 Å². The Hall–Kier alpha value is -1.18. The Kier molecular flexibility index (Phi) is 2.27. The van der Waals surface area contributed by atoms with Gasteiger partial charge in [-0.1, -0.05) is 6.07 Å². The number of hydrogen-bond donors (Lipinski definition) is 1. The van der Waals surface area contributed by atoms with Gasteiger partial charge in [0, 0.05) is 0 Å². The maximum atomic E-state index is 9.63. The maximum Gasteiger partial charge on any atom is 0.163 e. The van der Waals surface area contributed by atoms with Gasteiger partial charge in [-0.3, -0.25) is 0 Å². The Morgan fingerprint density at radius 1 is 1.17 bits per heavy atom. The van der Waals surface area contributed by atoms with Crippen molar-refractivity contribution in [2.24, 2.45) is 0 Å². The quantitative estimate of drug-likeness (QED) is 0.693. The van der Waals surface area contributed by atoms with Crippen molar-refractivity contribution >= 4 is 0 Å². The fraction of sp³-hybridized carbons (Fsp3) is 0.400. The van der Waals surface area contributed by atoms with Crippen LogP contribution in [0.25, 0.3) is 0 Å². The van der Waals surface area contributed by atoms with Gasteiger partial charge in [-0.05, 0) is 37.5 Å². The molecule has 2 nitrogen and oxygen atoms in total. The second-order valence-electron chi connectivity index (χ2n) is 3.02. The van der Waals surface area contributed by atoms with Crippen molar-refractivity contribution in [2.75, 3.05) is 7.11 Å². The summed E-state index contributed by atoms with van der Waals surface area (Å²) in [5, 5.41) is 9.63. The molecule has 1 aromatic carbocycles. The van der Waals surface area contributed by atoms with Crippen LogP contribution in [-0.2, 0) is 0 Å². The predicted molar refractivity (Wildman–Crippen MR) is 48.9 cm³/mol. The van der Waals surface area contributed by atoms with Gasteiger partial charge in [0.2, 0.25) is 0 Å². The van der Waals surface area contributed by atoms with Crippen LogP contribution in [0.15, 0.2) is 6.07 Å². The zero-order valence-electron chi connectivity index (χ0n) is 7.93. The molecule has 0 spiro atoms. The number of phenolic OH excluding ortho intramolecular Hbond substituents is 1. The first-order chi connectivity index (χ1) is 5.57. The minimum atomic E-state index is 0.259. The fourth-order valence-electron chi connectivity index (χ4n) is 1.30. The first-order valence-electron chi connectivity index (χ1n) is 3.91. The minimum absolute atomic E-state index is 0.259. The van der Waals surface area contributed by atoms with Gasteiger partial charge in [-0.25, -0.2) is 0 Å². The average molecular weight is 166 g/mol. The molecule has 0 heterocycles. The predicted octanol–water partition coefficient (Wildman–Crippen LogP) is 2.33. The van der Waals surface area contributed by atoms with Gasteiger partial charge in [0.25, 0.3) is 0 Å². The molecule has 66 valence electrons. The third-order valence-electron chi connectivity index (χ3n) is 2.16. The number of ether oxygens (including phenoxy) is 1. The van der Waals surface area contributed by atoms with E-state index in [-0.39, 0.29) is 5.75 Å². The van der Waals surface area contributed by atoms with E-state index in [2.05, 4.69) is 0 Å². The van der Waals surface area contributed by atoms with E-state index in [1.165, 1.54) is 0 Å². The molecule has 0 aromatic heterocycles. The van der Waals surface area contributed by atoms with Gasteiger partial charge in [-0.2, -0.15) is 0 Å². The van der Waals surface area contributed by atoms with Crippen LogP contribution in [0, 0.1) is 20.8 Å². The van der Waals surface area contributed by atoms with Crippen molar-refractivity contribution in [3.05, 3.63) is 22.8 Å². The molecule has 0 aliphatic rings. The van der Waals surface area contributed by atoms with E-state index in [0.29, 0.717) is 5.75 Å². The molecule has 1 rings (SSSR count). The molecule has 0 fully saturated rings. The van der Waals surface area contributed by atoms with Crippen molar-refractivity contribution in [3.63, 3.8) is 0 Å². The molecule has 12 heavy (non-hydrogen) atoms. The van der Waals surface area contributed by atoms with E-state index in [1.807, 2.05) is 26.8 Å². The molecular formula is C10H14O2. The molecule has 0 saturated carbocycles. The van der Waals surface area contributed by atoms with Crippen LogP contribution in [0.5, 0.6) is 11.5 Å². The molecule has 0 saturated heterocycles. The third kappa shape index (κ3) is 1.24.